The zero-order valence-corrected chi connectivity index (χ0v) is 7.06. The van der Waals surface area contributed by atoms with Gasteiger partial charge in [-0.25, -0.2) is 0 Å². The molecular weight excluding hydrogens is 176 g/mol. The maximum absolute atomic E-state index is 11.1. The van der Waals surface area contributed by atoms with Crippen molar-refractivity contribution < 1.29 is 0 Å². The summed E-state index contributed by atoms with van der Waals surface area (Å²) < 4.78 is 0. The number of rotatable bonds is 2. The smallest absolute Gasteiger partial charge is 0.274 e. The van der Waals surface area contributed by atoms with Gasteiger partial charge in [-0.3, -0.25) is 9.79 Å². The largest absolute Gasteiger partial charge is 0.326 e. The van der Waals surface area contributed by atoms with E-state index in [0.29, 0.717) is 10.6 Å². The Morgan fingerprint density at radius 1 is 1.67 bits per heavy atom. The highest BCUT2D eigenvalue weighted by Gasteiger charge is 2.05. The van der Waals surface area contributed by atoms with E-state index >= 15 is 0 Å². The summed E-state index contributed by atoms with van der Waals surface area (Å²) in [6.07, 6.45) is 2.87. The van der Waals surface area contributed by atoms with Crippen molar-refractivity contribution in [3.63, 3.8) is 0 Å². The molecule has 12 heavy (non-hydrogen) atoms. The highest BCUT2D eigenvalue weighted by molar-refractivity contribution is 6.32. The molecule has 0 fully saturated rings. The van der Waals surface area contributed by atoms with Crippen LogP contribution in [0.5, 0.6) is 0 Å². The van der Waals surface area contributed by atoms with Gasteiger partial charge in [0.15, 0.2) is 0 Å². The Morgan fingerprint density at radius 3 is 2.75 bits per heavy atom. The second kappa shape index (κ2) is 3.36. The zero-order valence-electron chi connectivity index (χ0n) is 6.30. The summed E-state index contributed by atoms with van der Waals surface area (Å²) in [5, 5.41) is 0.409. The van der Waals surface area contributed by atoms with E-state index in [-0.39, 0.29) is 11.2 Å². The number of H-pyrrole nitrogens is 1. The van der Waals surface area contributed by atoms with Gasteiger partial charge in [-0.2, -0.15) is 0 Å². The summed E-state index contributed by atoms with van der Waals surface area (Å²) in [5.74, 6) is 0. The van der Waals surface area contributed by atoms with Crippen LogP contribution in [0.3, 0.4) is 0 Å². The van der Waals surface area contributed by atoms with Crippen LogP contribution in [0.15, 0.2) is 22.6 Å². The van der Waals surface area contributed by atoms with Gasteiger partial charge >= 0.3 is 0 Å². The maximum Gasteiger partial charge on any atom is 0.274 e. The van der Waals surface area contributed by atoms with Gasteiger partial charge in [-0.05, 0) is 6.72 Å². The zero-order chi connectivity index (χ0) is 9.14. The Balaban J connectivity index is 3.59. The Morgan fingerprint density at radius 2 is 2.33 bits per heavy atom. The monoisotopic (exact) mass is 182 g/mol. The summed E-state index contributed by atoms with van der Waals surface area (Å²) in [4.78, 5) is 17.1. The lowest BCUT2D eigenvalue weighted by Gasteiger charge is -1.99. The lowest BCUT2D eigenvalue weighted by atomic mass is 10.2. The summed E-state index contributed by atoms with van der Waals surface area (Å²) in [7, 11) is 0. The number of pyridine rings is 1. The van der Waals surface area contributed by atoms with Crippen LogP contribution in [-0.4, -0.2) is 11.7 Å². The molecule has 0 aromatic carbocycles. The molecule has 4 heteroatoms. The van der Waals surface area contributed by atoms with Gasteiger partial charge in [0, 0.05) is 11.8 Å². The molecule has 0 saturated heterocycles. The third-order valence-electron chi connectivity index (χ3n) is 1.42. The molecule has 0 atom stereocenters. The minimum atomic E-state index is -0.315. The molecular formula is C8H7ClN2O. The van der Waals surface area contributed by atoms with Crippen LogP contribution < -0.4 is 5.56 Å². The fourth-order valence-electron chi connectivity index (χ4n) is 0.862. The predicted molar refractivity (Wildman–Crippen MR) is 51.4 cm³/mol. The number of hydrogen-bond acceptors (Lipinski definition) is 2. The van der Waals surface area contributed by atoms with Gasteiger partial charge in [0.05, 0.1) is 5.02 Å². The molecule has 0 spiro atoms. The van der Waals surface area contributed by atoms with Crippen LogP contribution in [0.4, 0.5) is 5.69 Å². The molecule has 0 bridgehead atoms. The van der Waals surface area contributed by atoms with Crippen molar-refractivity contribution in [1.29, 1.82) is 0 Å². The van der Waals surface area contributed by atoms with E-state index in [0.717, 1.165) is 0 Å². The fourth-order valence-corrected chi connectivity index (χ4v) is 1.08. The number of nitrogens with zero attached hydrogens (tertiary/aromatic N) is 1. The van der Waals surface area contributed by atoms with Crippen molar-refractivity contribution in [2.24, 2.45) is 4.99 Å². The van der Waals surface area contributed by atoms with E-state index in [9.17, 15) is 4.79 Å². The van der Waals surface area contributed by atoms with E-state index in [2.05, 4.69) is 23.3 Å². The molecule has 3 nitrogen and oxygen atoms in total. The van der Waals surface area contributed by atoms with E-state index in [1.165, 1.54) is 12.3 Å². The third-order valence-corrected chi connectivity index (χ3v) is 1.73. The molecule has 0 aliphatic carbocycles. The normalized spacial score (nSPS) is 9.42. The molecule has 62 valence electrons. The summed E-state index contributed by atoms with van der Waals surface area (Å²) in [6, 6.07) is 0. The Bertz CT molecular complexity index is 381. The minimum absolute atomic E-state index is 0.206. The first kappa shape index (κ1) is 8.74. The predicted octanol–water partition coefficient (Wildman–Crippen LogP) is 2.00. The standard InChI is InChI=1S/C8H7ClN2O/c1-3-5-6(9)4-11-8(12)7(5)10-2/h3-4H,1-2H2,(H,11,12). The van der Waals surface area contributed by atoms with E-state index in [1.54, 1.807) is 0 Å². The SMILES string of the molecule is C=Cc1c(Cl)c[nH]c(=O)c1N=C. The third kappa shape index (κ3) is 1.31. The van der Waals surface area contributed by atoms with Gasteiger partial charge < -0.3 is 4.98 Å². The number of halogens is 1. The Hall–Kier alpha value is -1.35. The average Bonchev–Trinajstić information content (AvgIpc) is 2.08. The minimum Gasteiger partial charge on any atom is -0.326 e. The van der Waals surface area contributed by atoms with Crippen LogP contribution in [0.2, 0.25) is 5.02 Å². The number of aliphatic imine (C=N–C) groups is 1. The molecule has 0 radical (unpaired) electrons. The second-order valence-electron chi connectivity index (χ2n) is 2.09. The van der Waals surface area contributed by atoms with Crippen molar-refractivity contribution in [1.82, 2.24) is 4.98 Å². The molecule has 0 aliphatic rings. The van der Waals surface area contributed by atoms with Crippen molar-refractivity contribution >= 4 is 30.1 Å². The second-order valence-corrected chi connectivity index (χ2v) is 2.50. The van der Waals surface area contributed by atoms with Crippen LogP contribution in [0, 0.1) is 0 Å². The van der Waals surface area contributed by atoms with Crippen LogP contribution in [-0.2, 0) is 0 Å². The number of aromatic nitrogens is 1. The lowest BCUT2D eigenvalue weighted by molar-refractivity contribution is 1.22. The van der Waals surface area contributed by atoms with Crippen molar-refractivity contribution in [3.05, 3.63) is 33.7 Å². The van der Waals surface area contributed by atoms with Gasteiger partial charge in [0.2, 0.25) is 0 Å². The van der Waals surface area contributed by atoms with Crippen molar-refractivity contribution in [2.45, 2.75) is 0 Å². The molecule has 1 N–H and O–H groups in total. The molecule has 1 heterocycles. The first-order chi connectivity index (χ1) is 5.70. The maximum atomic E-state index is 11.1. The van der Waals surface area contributed by atoms with Crippen molar-refractivity contribution in [3.8, 4) is 0 Å². The number of aromatic amines is 1. The summed E-state index contributed by atoms with van der Waals surface area (Å²) in [6.45, 7) is 6.78. The molecule has 0 saturated carbocycles. The van der Waals surface area contributed by atoms with E-state index < -0.39 is 0 Å². The van der Waals surface area contributed by atoms with Crippen LogP contribution in [0.25, 0.3) is 6.08 Å². The molecule has 1 aromatic heterocycles. The topological polar surface area (TPSA) is 45.2 Å². The molecule has 1 aromatic rings. The summed E-state index contributed by atoms with van der Waals surface area (Å²) >= 11 is 5.75. The lowest BCUT2D eigenvalue weighted by Crippen LogP contribution is -2.05. The quantitative estimate of drug-likeness (QED) is 0.699. The molecule has 1 rings (SSSR count). The van der Waals surface area contributed by atoms with Crippen molar-refractivity contribution in [2.75, 3.05) is 0 Å². The van der Waals surface area contributed by atoms with Crippen LogP contribution in [0.1, 0.15) is 5.56 Å². The Kier molecular flexibility index (Phi) is 2.45. The highest BCUT2D eigenvalue weighted by atomic mass is 35.5. The van der Waals surface area contributed by atoms with Gasteiger partial charge in [0.25, 0.3) is 5.56 Å². The van der Waals surface area contributed by atoms with Crippen LogP contribution >= 0.6 is 11.6 Å². The Labute approximate surface area is 74.4 Å². The van der Waals surface area contributed by atoms with Gasteiger partial charge in [-0.15, -0.1) is 0 Å². The van der Waals surface area contributed by atoms with E-state index in [1.807, 2.05) is 0 Å². The van der Waals surface area contributed by atoms with Gasteiger partial charge in [0.1, 0.15) is 5.69 Å². The average molecular weight is 183 g/mol. The molecule has 0 amide bonds. The number of hydrogen-bond donors (Lipinski definition) is 1. The first-order valence-electron chi connectivity index (χ1n) is 3.21. The molecule has 0 unspecified atom stereocenters. The first-order valence-corrected chi connectivity index (χ1v) is 3.59. The highest BCUT2D eigenvalue weighted by Crippen LogP contribution is 2.22. The number of nitrogens with one attached hydrogen (secondary N) is 1. The van der Waals surface area contributed by atoms with Gasteiger partial charge in [-0.1, -0.05) is 24.3 Å². The molecule has 0 aliphatic heterocycles. The van der Waals surface area contributed by atoms with E-state index in [4.69, 9.17) is 11.6 Å². The summed E-state index contributed by atoms with van der Waals surface area (Å²) in [5.41, 5.74) is 0.400. The fraction of sp³-hybridized carbons (Fsp3) is 0.